The van der Waals surface area contributed by atoms with Crippen LogP contribution in [0.15, 0.2) is 28.7 Å². The number of benzene rings is 1. The summed E-state index contributed by atoms with van der Waals surface area (Å²) in [6, 6.07) is 8.25. The fraction of sp³-hybridized carbons (Fsp3) is 0.500. The van der Waals surface area contributed by atoms with Crippen molar-refractivity contribution in [2.24, 2.45) is 5.92 Å². The quantitative estimate of drug-likeness (QED) is 0.729. The lowest BCUT2D eigenvalue weighted by molar-refractivity contribution is 0.0614. The molecule has 1 unspecified atom stereocenters. The molecule has 0 aromatic heterocycles. The minimum atomic E-state index is 0.168. The van der Waals surface area contributed by atoms with Crippen LogP contribution in [0.3, 0.4) is 0 Å². The van der Waals surface area contributed by atoms with Gasteiger partial charge < -0.3 is 4.74 Å². The molecule has 0 aliphatic heterocycles. The summed E-state index contributed by atoms with van der Waals surface area (Å²) < 4.78 is 7.04. The lowest BCUT2D eigenvalue weighted by atomic mass is 10.1. The predicted molar refractivity (Wildman–Crippen MR) is 69.4 cm³/mol. The molecule has 1 nitrogen and oxygen atoms in total. The van der Waals surface area contributed by atoms with Gasteiger partial charge in [0.1, 0.15) is 0 Å². The largest absolute Gasteiger partial charge is 0.372 e. The third-order valence-corrected chi connectivity index (χ3v) is 3.93. The van der Waals surface area contributed by atoms with E-state index in [9.17, 15) is 0 Å². The van der Waals surface area contributed by atoms with E-state index in [1.807, 2.05) is 6.07 Å². The summed E-state index contributed by atoms with van der Waals surface area (Å²) in [5.41, 5.74) is 1.23. The third-order valence-electron chi connectivity index (χ3n) is 2.62. The van der Waals surface area contributed by atoms with Crippen molar-refractivity contribution in [1.82, 2.24) is 0 Å². The molecule has 0 heterocycles. The second-order valence-electron chi connectivity index (χ2n) is 3.94. The van der Waals surface area contributed by atoms with Crippen molar-refractivity contribution >= 4 is 31.9 Å². The van der Waals surface area contributed by atoms with Gasteiger partial charge in [0.15, 0.2) is 0 Å². The zero-order valence-electron chi connectivity index (χ0n) is 8.46. The summed E-state index contributed by atoms with van der Waals surface area (Å²) in [5, 5.41) is 0.850. The normalized spacial score (nSPS) is 17.7. The maximum absolute atomic E-state index is 5.91. The van der Waals surface area contributed by atoms with Crippen molar-refractivity contribution in [3.05, 3.63) is 34.3 Å². The van der Waals surface area contributed by atoms with Crippen molar-refractivity contribution in [3.63, 3.8) is 0 Å². The lowest BCUT2D eigenvalue weighted by Gasteiger charge is -2.17. The smallest absolute Gasteiger partial charge is 0.0932 e. The number of rotatable bonds is 5. The van der Waals surface area contributed by atoms with Gasteiger partial charge in [-0.25, -0.2) is 0 Å². The van der Waals surface area contributed by atoms with E-state index in [1.165, 1.54) is 18.4 Å². The molecule has 1 aromatic rings. The van der Waals surface area contributed by atoms with E-state index < -0.39 is 0 Å². The maximum atomic E-state index is 5.91. The minimum absolute atomic E-state index is 0.168. The van der Waals surface area contributed by atoms with Crippen LogP contribution in [-0.4, -0.2) is 11.9 Å². The van der Waals surface area contributed by atoms with Gasteiger partial charge in [-0.3, -0.25) is 0 Å². The first-order valence-electron chi connectivity index (χ1n) is 5.23. The summed E-state index contributed by atoms with van der Waals surface area (Å²) in [6.07, 6.45) is 2.84. The van der Waals surface area contributed by atoms with Crippen LogP contribution < -0.4 is 0 Å². The molecule has 2 rings (SSSR count). The Morgan fingerprint density at radius 1 is 1.33 bits per heavy atom. The van der Waals surface area contributed by atoms with Gasteiger partial charge in [0.2, 0.25) is 0 Å². The Morgan fingerprint density at radius 2 is 2.07 bits per heavy atom. The van der Waals surface area contributed by atoms with Crippen molar-refractivity contribution in [2.45, 2.75) is 18.9 Å². The zero-order valence-corrected chi connectivity index (χ0v) is 11.6. The van der Waals surface area contributed by atoms with Crippen LogP contribution >= 0.6 is 31.9 Å². The molecule has 1 aliphatic carbocycles. The number of hydrogen-bond donors (Lipinski definition) is 0. The van der Waals surface area contributed by atoms with Gasteiger partial charge in [-0.1, -0.05) is 50.1 Å². The highest BCUT2D eigenvalue weighted by molar-refractivity contribution is 9.10. The molecule has 0 spiro atoms. The second kappa shape index (κ2) is 5.46. The summed E-state index contributed by atoms with van der Waals surface area (Å²) in [7, 11) is 0. The molecule has 0 saturated heterocycles. The van der Waals surface area contributed by atoms with Gasteiger partial charge in [-0.2, -0.15) is 0 Å². The van der Waals surface area contributed by atoms with Crippen LogP contribution in [0.5, 0.6) is 0 Å². The van der Waals surface area contributed by atoms with Crippen molar-refractivity contribution < 1.29 is 4.74 Å². The Balaban J connectivity index is 2.00. The van der Waals surface area contributed by atoms with E-state index >= 15 is 0 Å². The molecule has 0 amide bonds. The molecule has 1 aromatic carbocycles. The molecule has 1 saturated carbocycles. The van der Waals surface area contributed by atoms with Crippen LogP contribution in [0.4, 0.5) is 0 Å². The topological polar surface area (TPSA) is 9.23 Å². The Hall–Kier alpha value is 0.140. The summed E-state index contributed by atoms with van der Waals surface area (Å²) in [4.78, 5) is 0. The molecule has 3 heteroatoms. The number of alkyl halides is 1. The first kappa shape index (κ1) is 11.6. The van der Waals surface area contributed by atoms with Gasteiger partial charge >= 0.3 is 0 Å². The predicted octanol–water partition coefficient (Wildman–Crippen LogP) is 4.31. The Kier molecular flexibility index (Phi) is 4.23. The van der Waals surface area contributed by atoms with Gasteiger partial charge in [0, 0.05) is 9.80 Å². The fourth-order valence-corrected chi connectivity index (χ4v) is 2.57. The SMILES string of the molecule is BrCC(OCC1CC1)c1ccccc1Br. The first-order valence-corrected chi connectivity index (χ1v) is 7.14. The third kappa shape index (κ3) is 3.30. The highest BCUT2D eigenvalue weighted by Crippen LogP contribution is 2.33. The van der Waals surface area contributed by atoms with E-state index in [0.717, 1.165) is 22.3 Å². The van der Waals surface area contributed by atoms with E-state index in [0.29, 0.717) is 0 Å². The van der Waals surface area contributed by atoms with Gasteiger partial charge in [-0.15, -0.1) is 0 Å². The highest BCUT2D eigenvalue weighted by Gasteiger charge is 2.23. The number of hydrogen-bond acceptors (Lipinski definition) is 1. The molecule has 82 valence electrons. The Morgan fingerprint density at radius 3 is 2.67 bits per heavy atom. The molecule has 1 fully saturated rings. The van der Waals surface area contributed by atoms with Crippen molar-refractivity contribution in [1.29, 1.82) is 0 Å². The maximum Gasteiger partial charge on any atom is 0.0932 e. The van der Waals surface area contributed by atoms with E-state index in [1.54, 1.807) is 0 Å². The molecule has 0 N–H and O–H groups in total. The minimum Gasteiger partial charge on any atom is -0.372 e. The lowest BCUT2D eigenvalue weighted by Crippen LogP contribution is -2.08. The van der Waals surface area contributed by atoms with Crippen LogP contribution in [-0.2, 0) is 4.74 Å². The van der Waals surface area contributed by atoms with Gasteiger partial charge in [-0.05, 0) is 30.4 Å². The molecule has 1 aliphatic rings. The van der Waals surface area contributed by atoms with Crippen molar-refractivity contribution in [3.8, 4) is 0 Å². The average Bonchev–Trinajstić information content (AvgIpc) is 3.05. The second-order valence-corrected chi connectivity index (χ2v) is 5.44. The molecular formula is C12H14Br2O. The van der Waals surface area contributed by atoms with Crippen LogP contribution in [0.2, 0.25) is 0 Å². The van der Waals surface area contributed by atoms with Crippen LogP contribution in [0.25, 0.3) is 0 Å². The molecule has 0 bridgehead atoms. The molecular weight excluding hydrogens is 320 g/mol. The molecule has 0 radical (unpaired) electrons. The summed E-state index contributed by atoms with van der Waals surface area (Å²) in [6.45, 7) is 0.900. The van der Waals surface area contributed by atoms with Crippen LogP contribution in [0.1, 0.15) is 24.5 Å². The van der Waals surface area contributed by atoms with Crippen molar-refractivity contribution in [2.75, 3.05) is 11.9 Å². The monoisotopic (exact) mass is 332 g/mol. The highest BCUT2D eigenvalue weighted by atomic mass is 79.9. The van der Waals surface area contributed by atoms with Crippen LogP contribution in [0, 0.1) is 5.92 Å². The molecule has 1 atom stereocenters. The first-order chi connectivity index (χ1) is 7.31. The Bertz CT molecular complexity index is 323. The zero-order chi connectivity index (χ0) is 10.7. The average molecular weight is 334 g/mol. The summed E-state index contributed by atoms with van der Waals surface area (Å²) >= 11 is 7.07. The van der Waals surface area contributed by atoms with E-state index in [-0.39, 0.29) is 6.10 Å². The fourth-order valence-electron chi connectivity index (χ4n) is 1.49. The van der Waals surface area contributed by atoms with Gasteiger partial charge in [0.05, 0.1) is 12.7 Å². The van der Waals surface area contributed by atoms with Gasteiger partial charge in [0.25, 0.3) is 0 Å². The molecule has 15 heavy (non-hydrogen) atoms. The van der Waals surface area contributed by atoms with E-state index in [4.69, 9.17) is 4.74 Å². The number of ether oxygens (including phenoxy) is 1. The Labute approximate surface area is 107 Å². The summed E-state index contributed by atoms with van der Waals surface area (Å²) in [5.74, 6) is 0.814. The number of halogens is 2. The standard InChI is InChI=1S/C12H14Br2O/c13-7-12(15-8-9-5-6-9)10-3-1-2-4-11(10)14/h1-4,9,12H,5-8H2. The van der Waals surface area contributed by atoms with E-state index in [2.05, 4.69) is 50.1 Å².